The molecule has 0 aliphatic heterocycles. The van der Waals surface area contributed by atoms with Crippen LogP contribution >= 0.6 is 0 Å². The molecule has 0 bridgehead atoms. The summed E-state index contributed by atoms with van der Waals surface area (Å²) >= 11 is 0. The SMILES string of the molecule is Nc1cccc2c1CC(CC(=O)O)C2. The Balaban J connectivity index is 2.18. The van der Waals surface area contributed by atoms with E-state index < -0.39 is 5.97 Å². The van der Waals surface area contributed by atoms with Gasteiger partial charge in [-0.25, -0.2) is 0 Å². The molecule has 0 aromatic heterocycles. The highest BCUT2D eigenvalue weighted by molar-refractivity contribution is 5.67. The first-order valence-electron chi connectivity index (χ1n) is 4.75. The van der Waals surface area contributed by atoms with Crippen molar-refractivity contribution in [2.75, 3.05) is 5.73 Å². The van der Waals surface area contributed by atoms with Crippen molar-refractivity contribution < 1.29 is 9.90 Å². The number of anilines is 1. The van der Waals surface area contributed by atoms with E-state index in [-0.39, 0.29) is 12.3 Å². The van der Waals surface area contributed by atoms with Crippen LogP contribution in [0, 0.1) is 5.92 Å². The first-order chi connectivity index (χ1) is 6.66. The molecule has 1 aliphatic carbocycles. The molecule has 0 fully saturated rings. The Morgan fingerprint density at radius 2 is 2.29 bits per heavy atom. The zero-order valence-electron chi connectivity index (χ0n) is 7.86. The number of carbonyl (C=O) groups is 1. The van der Waals surface area contributed by atoms with Gasteiger partial charge in [-0.2, -0.15) is 0 Å². The van der Waals surface area contributed by atoms with E-state index >= 15 is 0 Å². The number of rotatable bonds is 2. The Morgan fingerprint density at radius 3 is 2.93 bits per heavy atom. The van der Waals surface area contributed by atoms with Crippen LogP contribution in [-0.2, 0) is 17.6 Å². The molecule has 1 aliphatic rings. The highest BCUT2D eigenvalue weighted by Gasteiger charge is 2.24. The van der Waals surface area contributed by atoms with Gasteiger partial charge in [0, 0.05) is 12.1 Å². The van der Waals surface area contributed by atoms with Gasteiger partial charge in [0.25, 0.3) is 0 Å². The second-order valence-electron chi connectivity index (χ2n) is 3.86. The lowest BCUT2D eigenvalue weighted by molar-refractivity contribution is -0.138. The van der Waals surface area contributed by atoms with Crippen molar-refractivity contribution in [3.8, 4) is 0 Å². The van der Waals surface area contributed by atoms with E-state index in [1.807, 2.05) is 18.2 Å². The number of hydrogen-bond donors (Lipinski definition) is 2. The standard InChI is InChI=1S/C11H13NO2/c12-10-3-1-2-8-4-7(5-9(8)10)6-11(13)14/h1-3,7H,4-6,12H2,(H,13,14). The van der Waals surface area contributed by atoms with Gasteiger partial charge in [-0.1, -0.05) is 12.1 Å². The van der Waals surface area contributed by atoms with Gasteiger partial charge in [-0.05, 0) is 36.0 Å². The minimum absolute atomic E-state index is 0.229. The Hall–Kier alpha value is -1.51. The lowest BCUT2D eigenvalue weighted by Crippen LogP contribution is -2.07. The molecule has 1 aromatic rings. The molecule has 3 N–H and O–H groups in total. The lowest BCUT2D eigenvalue weighted by Gasteiger charge is -2.03. The van der Waals surface area contributed by atoms with Gasteiger partial charge in [-0.15, -0.1) is 0 Å². The zero-order valence-corrected chi connectivity index (χ0v) is 7.86. The van der Waals surface area contributed by atoms with E-state index in [0.717, 1.165) is 24.1 Å². The van der Waals surface area contributed by atoms with Crippen LogP contribution in [0.4, 0.5) is 5.69 Å². The van der Waals surface area contributed by atoms with Crippen molar-refractivity contribution in [1.82, 2.24) is 0 Å². The van der Waals surface area contributed by atoms with Crippen LogP contribution in [0.15, 0.2) is 18.2 Å². The van der Waals surface area contributed by atoms with Crippen LogP contribution in [-0.4, -0.2) is 11.1 Å². The van der Waals surface area contributed by atoms with Gasteiger partial charge < -0.3 is 10.8 Å². The van der Waals surface area contributed by atoms with Crippen LogP contribution in [0.3, 0.4) is 0 Å². The largest absolute Gasteiger partial charge is 0.481 e. The summed E-state index contributed by atoms with van der Waals surface area (Å²) in [5.41, 5.74) is 8.99. The maximum Gasteiger partial charge on any atom is 0.303 e. The number of hydrogen-bond acceptors (Lipinski definition) is 2. The second kappa shape index (κ2) is 3.33. The molecule has 3 nitrogen and oxygen atoms in total. The Morgan fingerprint density at radius 1 is 1.50 bits per heavy atom. The minimum Gasteiger partial charge on any atom is -0.481 e. The van der Waals surface area contributed by atoms with Gasteiger partial charge in [0.1, 0.15) is 0 Å². The molecule has 0 spiro atoms. The maximum atomic E-state index is 10.6. The molecule has 3 heteroatoms. The molecule has 0 amide bonds. The first-order valence-corrected chi connectivity index (χ1v) is 4.75. The number of carboxylic acids is 1. The van der Waals surface area contributed by atoms with Crippen LogP contribution in [0.5, 0.6) is 0 Å². The fraction of sp³-hybridized carbons (Fsp3) is 0.364. The third-order valence-corrected chi connectivity index (χ3v) is 2.77. The van der Waals surface area contributed by atoms with Crippen molar-refractivity contribution in [2.24, 2.45) is 5.92 Å². The van der Waals surface area contributed by atoms with Gasteiger partial charge in [0.2, 0.25) is 0 Å². The van der Waals surface area contributed by atoms with Gasteiger partial charge in [-0.3, -0.25) is 4.79 Å². The Kier molecular flexibility index (Phi) is 2.15. The van der Waals surface area contributed by atoms with E-state index in [2.05, 4.69) is 0 Å². The lowest BCUT2D eigenvalue weighted by atomic mass is 10.0. The third kappa shape index (κ3) is 1.58. The molecular weight excluding hydrogens is 178 g/mol. The predicted octanol–water partition coefficient (Wildman–Crippen LogP) is 1.46. The first kappa shape index (κ1) is 9.06. The molecule has 0 heterocycles. The van der Waals surface area contributed by atoms with E-state index in [0.29, 0.717) is 0 Å². The Bertz CT molecular complexity index is 374. The average Bonchev–Trinajstić information content (AvgIpc) is 2.47. The normalized spacial score (nSPS) is 19.3. The molecular formula is C11H13NO2. The molecule has 1 unspecified atom stereocenters. The maximum absolute atomic E-state index is 10.6. The summed E-state index contributed by atoms with van der Waals surface area (Å²) < 4.78 is 0. The number of aliphatic carboxylic acids is 1. The van der Waals surface area contributed by atoms with E-state index in [1.54, 1.807) is 0 Å². The number of nitrogens with two attached hydrogens (primary N) is 1. The summed E-state index contributed by atoms with van der Waals surface area (Å²) in [5, 5.41) is 8.69. The van der Waals surface area contributed by atoms with Crippen molar-refractivity contribution >= 4 is 11.7 Å². The molecule has 74 valence electrons. The molecule has 1 aromatic carbocycles. The van der Waals surface area contributed by atoms with Crippen molar-refractivity contribution in [1.29, 1.82) is 0 Å². The topological polar surface area (TPSA) is 63.3 Å². The Labute approximate surface area is 82.5 Å². The average molecular weight is 191 g/mol. The number of carboxylic acid groups (broad SMARTS) is 1. The van der Waals surface area contributed by atoms with Crippen LogP contribution in [0.2, 0.25) is 0 Å². The molecule has 14 heavy (non-hydrogen) atoms. The molecule has 0 saturated carbocycles. The second-order valence-corrected chi connectivity index (χ2v) is 3.86. The summed E-state index contributed by atoms with van der Waals surface area (Å²) in [6.07, 6.45) is 1.91. The summed E-state index contributed by atoms with van der Waals surface area (Å²) in [6, 6.07) is 5.84. The summed E-state index contributed by atoms with van der Waals surface area (Å²) in [6.45, 7) is 0. The van der Waals surface area contributed by atoms with Crippen LogP contribution in [0.1, 0.15) is 17.5 Å². The third-order valence-electron chi connectivity index (χ3n) is 2.77. The van der Waals surface area contributed by atoms with Crippen molar-refractivity contribution in [2.45, 2.75) is 19.3 Å². The highest BCUT2D eigenvalue weighted by atomic mass is 16.4. The molecule has 0 saturated heterocycles. The van der Waals surface area contributed by atoms with Crippen LogP contribution in [0.25, 0.3) is 0 Å². The monoisotopic (exact) mass is 191 g/mol. The van der Waals surface area contributed by atoms with E-state index in [9.17, 15) is 4.79 Å². The van der Waals surface area contributed by atoms with Gasteiger partial charge >= 0.3 is 5.97 Å². The smallest absolute Gasteiger partial charge is 0.303 e. The zero-order chi connectivity index (χ0) is 10.1. The highest BCUT2D eigenvalue weighted by Crippen LogP contribution is 2.32. The summed E-state index contributed by atoms with van der Waals surface area (Å²) in [4.78, 5) is 10.6. The summed E-state index contributed by atoms with van der Waals surface area (Å²) in [5.74, 6) is -0.492. The predicted molar refractivity (Wildman–Crippen MR) is 54.0 cm³/mol. The number of fused-ring (bicyclic) bond motifs is 1. The minimum atomic E-state index is -0.721. The van der Waals surface area contributed by atoms with Gasteiger partial charge in [0.05, 0.1) is 0 Å². The van der Waals surface area contributed by atoms with E-state index in [1.165, 1.54) is 5.56 Å². The molecule has 0 radical (unpaired) electrons. The van der Waals surface area contributed by atoms with Gasteiger partial charge in [0.15, 0.2) is 0 Å². The quantitative estimate of drug-likeness (QED) is 0.695. The van der Waals surface area contributed by atoms with E-state index in [4.69, 9.17) is 10.8 Å². The van der Waals surface area contributed by atoms with Crippen molar-refractivity contribution in [3.63, 3.8) is 0 Å². The fourth-order valence-electron chi connectivity index (χ4n) is 2.16. The molecule has 2 rings (SSSR count). The number of benzene rings is 1. The van der Waals surface area contributed by atoms with Crippen molar-refractivity contribution in [3.05, 3.63) is 29.3 Å². The summed E-state index contributed by atoms with van der Waals surface area (Å²) in [7, 11) is 0. The molecule has 1 atom stereocenters. The fourth-order valence-corrected chi connectivity index (χ4v) is 2.16. The number of nitrogen functional groups attached to an aromatic ring is 1. The van der Waals surface area contributed by atoms with Crippen LogP contribution < -0.4 is 5.73 Å².